The standard InChI is InChI=1S/C22H19Cl2NO3/c1-27-21(26)13-16-12-17(28-14-15-6-3-2-4-7-15)10-11-20(16)25-22-18(23)8-5-9-19(22)24/h2-12,25H,13-14H2,1H3. The van der Waals surface area contributed by atoms with Crippen LogP contribution in [0.25, 0.3) is 0 Å². The molecule has 3 rings (SSSR count). The smallest absolute Gasteiger partial charge is 0.310 e. The lowest BCUT2D eigenvalue weighted by molar-refractivity contribution is -0.139. The average Bonchev–Trinajstić information content (AvgIpc) is 2.71. The molecule has 0 fully saturated rings. The first kappa shape index (κ1) is 20.1. The van der Waals surface area contributed by atoms with Gasteiger partial charge in [0.05, 0.1) is 29.3 Å². The number of rotatable bonds is 7. The van der Waals surface area contributed by atoms with E-state index < -0.39 is 0 Å². The number of ether oxygens (including phenoxy) is 2. The maximum Gasteiger partial charge on any atom is 0.310 e. The van der Waals surface area contributed by atoms with E-state index in [1.165, 1.54) is 7.11 Å². The Morgan fingerprint density at radius 3 is 2.36 bits per heavy atom. The van der Waals surface area contributed by atoms with Crippen LogP contribution in [0.3, 0.4) is 0 Å². The molecule has 0 amide bonds. The van der Waals surface area contributed by atoms with Crippen molar-refractivity contribution in [2.45, 2.75) is 13.0 Å². The molecule has 4 nitrogen and oxygen atoms in total. The third-order valence-corrected chi connectivity index (χ3v) is 4.74. The minimum absolute atomic E-state index is 0.0867. The summed E-state index contributed by atoms with van der Waals surface area (Å²) in [6.45, 7) is 0.432. The quantitative estimate of drug-likeness (QED) is 0.478. The first-order valence-electron chi connectivity index (χ1n) is 8.64. The van der Waals surface area contributed by atoms with Gasteiger partial charge in [0, 0.05) is 5.69 Å². The number of methoxy groups -OCH3 is 1. The van der Waals surface area contributed by atoms with Crippen molar-refractivity contribution in [2.75, 3.05) is 12.4 Å². The molecule has 144 valence electrons. The number of esters is 1. The number of nitrogens with one attached hydrogen (secondary N) is 1. The predicted molar refractivity (Wildman–Crippen MR) is 113 cm³/mol. The van der Waals surface area contributed by atoms with Crippen LogP contribution in [0, 0.1) is 0 Å². The molecule has 0 aliphatic rings. The van der Waals surface area contributed by atoms with Crippen molar-refractivity contribution in [2.24, 2.45) is 0 Å². The van der Waals surface area contributed by atoms with Crippen molar-refractivity contribution in [3.63, 3.8) is 0 Å². The van der Waals surface area contributed by atoms with Crippen LogP contribution in [0.1, 0.15) is 11.1 Å². The maximum atomic E-state index is 11.9. The van der Waals surface area contributed by atoms with Gasteiger partial charge in [-0.05, 0) is 41.5 Å². The van der Waals surface area contributed by atoms with Crippen molar-refractivity contribution in [1.82, 2.24) is 0 Å². The highest BCUT2D eigenvalue weighted by molar-refractivity contribution is 6.39. The zero-order valence-electron chi connectivity index (χ0n) is 15.2. The molecule has 1 N–H and O–H groups in total. The molecule has 3 aromatic carbocycles. The minimum atomic E-state index is -0.353. The normalized spacial score (nSPS) is 10.4. The lowest BCUT2D eigenvalue weighted by Crippen LogP contribution is -2.07. The van der Waals surface area contributed by atoms with E-state index in [1.54, 1.807) is 18.2 Å². The van der Waals surface area contributed by atoms with E-state index in [4.69, 9.17) is 32.7 Å². The maximum absolute atomic E-state index is 11.9. The van der Waals surface area contributed by atoms with Crippen molar-refractivity contribution in [1.29, 1.82) is 0 Å². The number of carbonyl (C=O) groups is 1. The SMILES string of the molecule is COC(=O)Cc1cc(OCc2ccccc2)ccc1Nc1c(Cl)cccc1Cl. The highest BCUT2D eigenvalue weighted by Gasteiger charge is 2.13. The van der Waals surface area contributed by atoms with E-state index in [-0.39, 0.29) is 12.4 Å². The average molecular weight is 416 g/mol. The third-order valence-electron chi connectivity index (χ3n) is 4.11. The summed E-state index contributed by atoms with van der Waals surface area (Å²) in [7, 11) is 1.36. The summed E-state index contributed by atoms with van der Waals surface area (Å²) in [6, 6.07) is 20.6. The number of halogens is 2. The first-order valence-corrected chi connectivity index (χ1v) is 9.40. The van der Waals surface area contributed by atoms with Gasteiger partial charge in [0.25, 0.3) is 0 Å². The molecule has 0 bridgehead atoms. The van der Waals surface area contributed by atoms with E-state index in [9.17, 15) is 4.79 Å². The predicted octanol–water partition coefficient (Wildman–Crippen LogP) is 6.03. The van der Waals surface area contributed by atoms with Crippen LogP contribution < -0.4 is 10.1 Å². The van der Waals surface area contributed by atoms with Gasteiger partial charge in [-0.25, -0.2) is 0 Å². The van der Waals surface area contributed by atoms with Crippen LogP contribution in [0.15, 0.2) is 66.7 Å². The lowest BCUT2D eigenvalue weighted by Gasteiger charge is -2.16. The Kier molecular flexibility index (Phi) is 6.80. The number of carbonyl (C=O) groups excluding carboxylic acids is 1. The molecule has 0 radical (unpaired) electrons. The van der Waals surface area contributed by atoms with Crippen LogP contribution in [-0.2, 0) is 22.6 Å². The highest BCUT2D eigenvalue weighted by atomic mass is 35.5. The van der Waals surface area contributed by atoms with Crippen LogP contribution in [0.5, 0.6) is 5.75 Å². The monoisotopic (exact) mass is 415 g/mol. The molecule has 0 aliphatic heterocycles. The van der Waals surface area contributed by atoms with Crippen molar-refractivity contribution >= 4 is 40.5 Å². The van der Waals surface area contributed by atoms with Crippen LogP contribution in [0.2, 0.25) is 10.0 Å². The molecular weight excluding hydrogens is 397 g/mol. The van der Waals surface area contributed by atoms with E-state index in [0.29, 0.717) is 39.3 Å². The Morgan fingerprint density at radius 2 is 1.68 bits per heavy atom. The molecule has 0 unspecified atom stereocenters. The van der Waals surface area contributed by atoms with E-state index >= 15 is 0 Å². The highest BCUT2D eigenvalue weighted by Crippen LogP contribution is 2.34. The van der Waals surface area contributed by atoms with E-state index in [1.807, 2.05) is 48.5 Å². The van der Waals surface area contributed by atoms with E-state index in [2.05, 4.69) is 5.32 Å². The van der Waals surface area contributed by atoms with Gasteiger partial charge in [0.15, 0.2) is 0 Å². The molecule has 0 aromatic heterocycles. The molecule has 0 spiro atoms. The van der Waals surface area contributed by atoms with Gasteiger partial charge in [0.1, 0.15) is 12.4 Å². The number of para-hydroxylation sites is 1. The number of anilines is 2. The second-order valence-corrected chi connectivity index (χ2v) is 6.88. The fourth-order valence-electron chi connectivity index (χ4n) is 2.65. The molecule has 28 heavy (non-hydrogen) atoms. The van der Waals surface area contributed by atoms with E-state index in [0.717, 1.165) is 5.56 Å². The lowest BCUT2D eigenvalue weighted by atomic mass is 10.1. The summed E-state index contributed by atoms with van der Waals surface area (Å²) in [4.78, 5) is 11.9. The van der Waals surface area contributed by atoms with Gasteiger partial charge >= 0.3 is 5.97 Å². The minimum Gasteiger partial charge on any atom is -0.489 e. The molecule has 3 aromatic rings. The molecule has 0 heterocycles. The number of hydrogen-bond donors (Lipinski definition) is 1. The van der Waals surface area contributed by atoms with Gasteiger partial charge in [-0.1, -0.05) is 59.6 Å². The summed E-state index contributed by atoms with van der Waals surface area (Å²) in [5, 5.41) is 4.19. The Balaban J connectivity index is 1.85. The van der Waals surface area contributed by atoms with Crippen molar-refractivity contribution in [3.8, 4) is 5.75 Å². The van der Waals surface area contributed by atoms with Gasteiger partial charge in [-0.3, -0.25) is 4.79 Å². The fourth-order valence-corrected chi connectivity index (χ4v) is 3.14. The van der Waals surface area contributed by atoms with Crippen LogP contribution in [-0.4, -0.2) is 13.1 Å². The Labute approximate surface area is 174 Å². The topological polar surface area (TPSA) is 47.6 Å². The second-order valence-electron chi connectivity index (χ2n) is 6.07. The number of hydrogen-bond acceptors (Lipinski definition) is 4. The summed E-state index contributed by atoms with van der Waals surface area (Å²) in [6.07, 6.45) is 0.0867. The van der Waals surface area contributed by atoms with Crippen molar-refractivity contribution < 1.29 is 14.3 Å². The van der Waals surface area contributed by atoms with Gasteiger partial charge in [-0.15, -0.1) is 0 Å². The Morgan fingerprint density at radius 1 is 0.964 bits per heavy atom. The molecular formula is C22H19Cl2NO3. The summed E-state index contributed by atoms with van der Waals surface area (Å²) < 4.78 is 10.7. The second kappa shape index (κ2) is 9.49. The zero-order chi connectivity index (χ0) is 19.9. The molecule has 0 saturated heterocycles. The van der Waals surface area contributed by atoms with Crippen molar-refractivity contribution in [3.05, 3.63) is 87.9 Å². The third kappa shape index (κ3) is 5.18. The fraction of sp³-hybridized carbons (Fsp3) is 0.136. The Bertz CT molecular complexity index is 941. The first-order chi connectivity index (χ1) is 13.6. The number of benzene rings is 3. The zero-order valence-corrected chi connectivity index (χ0v) is 16.8. The van der Waals surface area contributed by atoms with Crippen LogP contribution in [0.4, 0.5) is 11.4 Å². The molecule has 0 saturated carbocycles. The van der Waals surface area contributed by atoms with Gasteiger partial charge in [0.2, 0.25) is 0 Å². The molecule has 0 aliphatic carbocycles. The van der Waals surface area contributed by atoms with Crippen LogP contribution >= 0.6 is 23.2 Å². The summed E-state index contributed by atoms with van der Waals surface area (Å²) >= 11 is 12.5. The summed E-state index contributed by atoms with van der Waals surface area (Å²) in [5.41, 5.74) is 3.05. The largest absolute Gasteiger partial charge is 0.489 e. The van der Waals surface area contributed by atoms with Gasteiger partial charge < -0.3 is 14.8 Å². The molecule has 6 heteroatoms. The summed E-state index contributed by atoms with van der Waals surface area (Å²) in [5.74, 6) is 0.298. The van der Waals surface area contributed by atoms with Gasteiger partial charge in [-0.2, -0.15) is 0 Å². The molecule has 0 atom stereocenters. The Hall–Kier alpha value is -2.69.